The molecule has 106 valence electrons. The van der Waals surface area contributed by atoms with E-state index in [0.717, 1.165) is 0 Å². The normalized spacial score (nSPS) is 10.9. The van der Waals surface area contributed by atoms with E-state index in [1.54, 1.807) is 16.8 Å². The van der Waals surface area contributed by atoms with E-state index < -0.39 is 0 Å². The van der Waals surface area contributed by atoms with Gasteiger partial charge in [-0.2, -0.15) is 0 Å². The van der Waals surface area contributed by atoms with Gasteiger partial charge in [0, 0.05) is 17.9 Å². The second-order valence-electron chi connectivity index (χ2n) is 4.63. The van der Waals surface area contributed by atoms with Gasteiger partial charge in [0.05, 0.1) is 9.50 Å². The van der Waals surface area contributed by atoms with Crippen molar-refractivity contribution < 1.29 is 9.18 Å². The fourth-order valence-electron chi connectivity index (χ4n) is 1.82. The van der Waals surface area contributed by atoms with Gasteiger partial charge in [0.15, 0.2) is 0 Å². The summed E-state index contributed by atoms with van der Waals surface area (Å²) in [5.41, 5.74) is 0.973. The number of nitrogens with zero attached hydrogens (tertiary/aromatic N) is 1. The zero-order valence-corrected chi connectivity index (χ0v) is 13.3. The van der Waals surface area contributed by atoms with Gasteiger partial charge in [-0.1, -0.05) is 11.6 Å². The molecule has 1 heterocycles. The lowest BCUT2D eigenvalue weighted by Gasteiger charge is -2.12. The van der Waals surface area contributed by atoms with Crippen LogP contribution in [0.5, 0.6) is 0 Å². The van der Waals surface area contributed by atoms with Crippen molar-refractivity contribution in [3.8, 4) is 0 Å². The van der Waals surface area contributed by atoms with Crippen molar-refractivity contribution >= 4 is 39.1 Å². The molecule has 0 radical (unpaired) electrons. The second-order valence-corrected chi connectivity index (χ2v) is 5.92. The van der Waals surface area contributed by atoms with Crippen molar-refractivity contribution in [1.82, 2.24) is 4.57 Å². The molecule has 2 aromatic rings. The van der Waals surface area contributed by atoms with Crippen molar-refractivity contribution in [3.63, 3.8) is 0 Å². The van der Waals surface area contributed by atoms with Crippen LogP contribution in [0.2, 0.25) is 5.02 Å². The van der Waals surface area contributed by atoms with Crippen molar-refractivity contribution in [2.45, 2.75) is 19.9 Å². The number of carbonyl (C=O) groups excluding carboxylic acids is 1. The van der Waals surface area contributed by atoms with Crippen LogP contribution in [0.1, 0.15) is 30.4 Å². The first-order valence-electron chi connectivity index (χ1n) is 6.02. The molecule has 0 aliphatic carbocycles. The number of hydrogen-bond acceptors (Lipinski definition) is 1. The Bertz CT molecular complexity index is 655. The number of rotatable bonds is 3. The van der Waals surface area contributed by atoms with Crippen LogP contribution in [0.25, 0.3) is 0 Å². The first-order valence-corrected chi connectivity index (χ1v) is 7.19. The quantitative estimate of drug-likeness (QED) is 0.833. The summed E-state index contributed by atoms with van der Waals surface area (Å²) in [7, 11) is 0. The van der Waals surface area contributed by atoms with E-state index in [-0.39, 0.29) is 17.8 Å². The smallest absolute Gasteiger partial charge is 0.272 e. The van der Waals surface area contributed by atoms with Crippen LogP contribution in [0, 0.1) is 5.82 Å². The van der Waals surface area contributed by atoms with Crippen molar-refractivity contribution in [3.05, 3.63) is 51.5 Å². The predicted octanol–water partition coefficient (Wildman–Crippen LogP) is 4.88. The molecule has 0 atom stereocenters. The van der Waals surface area contributed by atoms with Crippen molar-refractivity contribution in [1.29, 1.82) is 0 Å². The number of amides is 1. The lowest BCUT2D eigenvalue weighted by molar-refractivity contribution is 0.101. The van der Waals surface area contributed by atoms with E-state index in [1.165, 1.54) is 18.2 Å². The van der Waals surface area contributed by atoms with E-state index in [0.29, 0.717) is 20.9 Å². The van der Waals surface area contributed by atoms with E-state index >= 15 is 0 Å². The van der Waals surface area contributed by atoms with Gasteiger partial charge in [-0.05, 0) is 54.0 Å². The molecule has 0 aliphatic heterocycles. The first kappa shape index (κ1) is 15.1. The molecule has 3 nitrogen and oxygen atoms in total. The van der Waals surface area contributed by atoms with Crippen LogP contribution in [-0.2, 0) is 0 Å². The summed E-state index contributed by atoms with van der Waals surface area (Å²) in [6.07, 6.45) is 1.71. The molecule has 1 amide bonds. The maximum atomic E-state index is 13.2. The molecule has 2 rings (SSSR count). The summed E-state index contributed by atoms with van der Waals surface area (Å²) in [5.74, 6) is -0.666. The first-order chi connectivity index (χ1) is 9.38. The third-order valence-corrected chi connectivity index (χ3v) is 3.60. The Morgan fingerprint density at radius 1 is 1.40 bits per heavy atom. The van der Waals surface area contributed by atoms with Crippen LogP contribution in [0.4, 0.5) is 10.1 Å². The van der Waals surface area contributed by atoms with Crippen molar-refractivity contribution in [2.24, 2.45) is 0 Å². The highest BCUT2D eigenvalue weighted by Crippen LogP contribution is 2.23. The molecule has 0 bridgehead atoms. The summed E-state index contributed by atoms with van der Waals surface area (Å²) in [6, 6.07) is 6.02. The van der Waals surface area contributed by atoms with E-state index in [9.17, 15) is 9.18 Å². The summed E-state index contributed by atoms with van der Waals surface area (Å²) in [6.45, 7) is 3.92. The van der Waals surface area contributed by atoms with Gasteiger partial charge in [0.25, 0.3) is 5.91 Å². The number of benzene rings is 1. The lowest BCUT2D eigenvalue weighted by Crippen LogP contribution is -2.17. The monoisotopic (exact) mass is 358 g/mol. The molecule has 0 aliphatic rings. The van der Waals surface area contributed by atoms with Gasteiger partial charge in [-0.3, -0.25) is 4.79 Å². The highest BCUT2D eigenvalue weighted by atomic mass is 79.9. The Morgan fingerprint density at radius 3 is 2.70 bits per heavy atom. The molecule has 1 N–H and O–H groups in total. The molecular weight excluding hydrogens is 347 g/mol. The van der Waals surface area contributed by atoms with Crippen molar-refractivity contribution in [2.75, 3.05) is 5.32 Å². The number of nitrogens with one attached hydrogen (secondary N) is 1. The molecule has 20 heavy (non-hydrogen) atoms. The van der Waals surface area contributed by atoms with E-state index in [4.69, 9.17) is 11.6 Å². The van der Waals surface area contributed by atoms with Crippen LogP contribution in [-0.4, -0.2) is 10.5 Å². The Balaban J connectivity index is 2.26. The largest absolute Gasteiger partial charge is 0.339 e. The van der Waals surface area contributed by atoms with Crippen LogP contribution in [0.3, 0.4) is 0 Å². The average molecular weight is 360 g/mol. The fraction of sp³-hybridized carbons (Fsp3) is 0.214. The van der Waals surface area contributed by atoms with Crippen LogP contribution < -0.4 is 5.32 Å². The average Bonchev–Trinajstić information content (AvgIpc) is 2.76. The molecular formula is C14H13BrClFN2O. The van der Waals surface area contributed by atoms with Gasteiger partial charge < -0.3 is 9.88 Å². The lowest BCUT2D eigenvalue weighted by atomic mass is 10.3. The molecule has 6 heteroatoms. The highest BCUT2D eigenvalue weighted by molar-refractivity contribution is 9.10. The van der Waals surface area contributed by atoms with Gasteiger partial charge in [0.1, 0.15) is 11.5 Å². The van der Waals surface area contributed by atoms with Crippen LogP contribution in [0.15, 0.2) is 34.9 Å². The molecule has 0 saturated carbocycles. The standard InChI is InChI=1S/C14H13BrClFN2O/c1-8(2)19-7-9(16)5-13(19)14(20)18-10-3-4-12(17)11(15)6-10/h3-8H,1-2H3,(H,18,20). The van der Waals surface area contributed by atoms with Gasteiger partial charge in [-0.25, -0.2) is 4.39 Å². The number of carbonyl (C=O) groups is 1. The Hall–Kier alpha value is -1.33. The molecule has 1 aromatic carbocycles. The third-order valence-electron chi connectivity index (χ3n) is 2.78. The van der Waals surface area contributed by atoms with Gasteiger partial charge in [0.2, 0.25) is 0 Å². The Morgan fingerprint density at radius 2 is 2.10 bits per heavy atom. The molecule has 0 fully saturated rings. The molecule has 0 saturated heterocycles. The minimum absolute atomic E-state index is 0.114. The maximum absolute atomic E-state index is 13.2. The van der Waals surface area contributed by atoms with E-state index in [2.05, 4.69) is 21.2 Å². The van der Waals surface area contributed by atoms with E-state index in [1.807, 2.05) is 13.8 Å². The summed E-state index contributed by atoms with van der Waals surface area (Å²) >= 11 is 9.03. The number of hydrogen-bond donors (Lipinski definition) is 1. The fourth-order valence-corrected chi connectivity index (χ4v) is 2.41. The molecule has 0 unspecified atom stereocenters. The van der Waals surface area contributed by atoms with Gasteiger partial charge in [-0.15, -0.1) is 0 Å². The maximum Gasteiger partial charge on any atom is 0.272 e. The third kappa shape index (κ3) is 3.22. The molecule has 1 aromatic heterocycles. The van der Waals surface area contributed by atoms with Crippen LogP contribution >= 0.6 is 27.5 Å². The zero-order chi connectivity index (χ0) is 14.9. The minimum Gasteiger partial charge on any atom is -0.339 e. The second kappa shape index (κ2) is 5.97. The summed E-state index contributed by atoms with van der Waals surface area (Å²) in [4.78, 5) is 12.2. The zero-order valence-electron chi connectivity index (χ0n) is 11.0. The number of anilines is 1. The van der Waals surface area contributed by atoms with Gasteiger partial charge >= 0.3 is 0 Å². The topological polar surface area (TPSA) is 34.0 Å². The molecule has 0 spiro atoms. The summed E-state index contributed by atoms with van der Waals surface area (Å²) in [5, 5.41) is 3.22. The highest BCUT2D eigenvalue weighted by Gasteiger charge is 2.15. The summed E-state index contributed by atoms with van der Waals surface area (Å²) < 4.78 is 15.2. The predicted molar refractivity (Wildman–Crippen MR) is 81.9 cm³/mol. The Labute approximate surface area is 129 Å². The SMILES string of the molecule is CC(C)n1cc(Cl)cc1C(=O)Nc1ccc(F)c(Br)c1. The minimum atomic E-state index is -0.378. The Kier molecular flexibility index (Phi) is 4.50. The number of halogens is 3. The number of aromatic nitrogens is 1.